The average Bonchev–Trinajstić information content (AvgIpc) is 2.95. The lowest BCUT2D eigenvalue weighted by Gasteiger charge is -2.48. The second kappa shape index (κ2) is 6.79. The molecule has 0 radical (unpaired) electrons. The van der Waals surface area contributed by atoms with E-state index in [-0.39, 0.29) is 36.0 Å². The van der Waals surface area contributed by atoms with Crippen LogP contribution in [0.3, 0.4) is 0 Å². The minimum atomic E-state index is -3.67. The number of aryl methyl sites for hydroxylation is 1. The molecule has 1 aromatic rings. The van der Waals surface area contributed by atoms with Crippen molar-refractivity contribution in [3.05, 3.63) is 29.8 Å². The molecule has 0 aliphatic carbocycles. The third-order valence-corrected chi connectivity index (χ3v) is 7.46. The maximum Gasteiger partial charge on any atom is 0.243 e. The zero-order valence-corrected chi connectivity index (χ0v) is 16.9. The van der Waals surface area contributed by atoms with Crippen molar-refractivity contribution in [2.24, 2.45) is 0 Å². The number of methoxy groups -OCH3 is 1. The van der Waals surface area contributed by atoms with Crippen LogP contribution >= 0.6 is 0 Å². The van der Waals surface area contributed by atoms with Crippen molar-refractivity contribution >= 4 is 10.0 Å². The third kappa shape index (κ3) is 3.43. The van der Waals surface area contributed by atoms with Crippen molar-refractivity contribution in [2.75, 3.05) is 13.7 Å². The van der Waals surface area contributed by atoms with Gasteiger partial charge in [0.1, 0.15) is 18.3 Å². The Morgan fingerprint density at radius 3 is 2.48 bits per heavy atom. The molecule has 0 saturated carbocycles. The molecule has 3 aliphatic rings. The molecule has 3 fully saturated rings. The fraction of sp³-hybridized carbons (Fsp3) is 0.684. The van der Waals surface area contributed by atoms with E-state index in [2.05, 4.69) is 0 Å². The smallest absolute Gasteiger partial charge is 0.243 e. The molecular weight excluding hydrogens is 370 g/mol. The predicted octanol–water partition coefficient (Wildman–Crippen LogP) is 2.04. The largest absolute Gasteiger partial charge is 0.356 e. The molecule has 3 saturated heterocycles. The zero-order chi connectivity index (χ0) is 19.4. The van der Waals surface area contributed by atoms with Gasteiger partial charge in [-0.1, -0.05) is 17.7 Å². The summed E-state index contributed by atoms with van der Waals surface area (Å²) < 4.78 is 51.9. The Hall–Kier alpha value is -1.03. The lowest BCUT2D eigenvalue weighted by atomic mass is 9.90. The van der Waals surface area contributed by atoms with Gasteiger partial charge in [0.15, 0.2) is 12.1 Å². The molecule has 0 N–H and O–H groups in total. The van der Waals surface area contributed by atoms with Crippen LogP contribution in [0, 0.1) is 6.92 Å². The standard InChI is InChI=1S/C19H27NO6S/c1-12-5-7-13(8-6-12)27(21,22)20-11-15-18(26-19(2,3)25-15)17-14(20)9-10-16(23-4)24-17/h5-8,14-18H,9-11H2,1-4H3/t14-,15+,16+,17+,18-/m1/s1. The van der Waals surface area contributed by atoms with Crippen LogP contribution in [-0.2, 0) is 29.0 Å². The highest BCUT2D eigenvalue weighted by Gasteiger charge is 2.57. The molecule has 8 heteroatoms. The quantitative estimate of drug-likeness (QED) is 0.777. The second-order valence-corrected chi connectivity index (χ2v) is 9.83. The maximum absolute atomic E-state index is 13.4. The number of rotatable bonds is 3. The van der Waals surface area contributed by atoms with Crippen molar-refractivity contribution < 1.29 is 27.4 Å². The van der Waals surface area contributed by atoms with Crippen molar-refractivity contribution in [3.63, 3.8) is 0 Å². The van der Waals surface area contributed by atoms with E-state index in [1.165, 1.54) is 0 Å². The first-order valence-corrected chi connectivity index (χ1v) is 10.8. The number of piperidine rings is 1. The van der Waals surface area contributed by atoms with Gasteiger partial charge >= 0.3 is 0 Å². The summed E-state index contributed by atoms with van der Waals surface area (Å²) in [6.07, 6.45) is -0.185. The molecule has 4 rings (SSSR count). The lowest BCUT2D eigenvalue weighted by Crippen LogP contribution is -2.64. The highest BCUT2D eigenvalue weighted by molar-refractivity contribution is 7.89. The van der Waals surface area contributed by atoms with Crippen LogP contribution in [0.15, 0.2) is 29.2 Å². The summed E-state index contributed by atoms with van der Waals surface area (Å²) in [6.45, 7) is 5.88. The number of fused-ring (bicyclic) bond motifs is 3. The van der Waals surface area contributed by atoms with Crippen molar-refractivity contribution in [1.82, 2.24) is 4.31 Å². The van der Waals surface area contributed by atoms with Crippen molar-refractivity contribution in [1.29, 1.82) is 0 Å². The van der Waals surface area contributed by atoms with Crippen LogP contribution in [0.1, 0.15) is 32.3 Å². The molecule has 3 aliphatic heterocycles. The van der Waals surface area contributed by atoms with Gasteiger partial charge in [-0.05, 0) is 45.7 Å². The fourth-order valence-corrected chi connectivity index (χ4v) is 5.98. The maximum atomic E-state index is 13.4. The monoisotopic (exact) mass is 397 g/mol. The van der Waals surface area contributed by atoms with Gasteiger partial charge in [-0.25, -0.2) is 8.42 Å². The first-order valence-electron chi connectivity index (χ1n) is 9.34. The third-order valence-electron chi connectivity index (χ3n) is 5.55. The van der Waals surface area contributed by atoms with Crippen LogP contribution in [0.2, 0.25) is 0 Å². The normalized spacial score (nSPS) is 36.2. The molecular formula is C19H27NO6S. The van der Waals surface area contributed by atoms with Gasteiger partial charge in [0.05, 0.1) is 10.9 Å². The SMILES string of the molecule is CO[C@@H]1CC[C@@H]2[C@H](O1)[C@@H]1OC(C)(C)O[C@H]1CN2S(=O)(=O)c1ccc(C)cc1. The molecule has 27 heavy (non-hydrogen) atoms. The van der Waals surface area contributed by atoms with E-state index in [0.717, 1.165) is 5.56 Å². The first kappa shape index (κ1) is 19.3. The van der Waals surface area contributed by atoms with E-state index < -0.39 is 21.9 Å². The Morgan fingerprint density at radius 1 is 1.11 bits per heavy atom. The first-order chi connectivity index (χ1) is 12.7. The van der Waals surface area contributed by atoms with Gasteiger partial charge in [-0.3, -0.25) is 0 Å². The van der Waals surface area contributed by atoms with Gasteiger partial charge in [0.2, 0.25) is 10.0 Å². The summed E-state index contributed by atoms with van der Waals surface area (Å²) in [6, 6.07) is 6.63. The zero-order valence-electron chi connectivity index (χ0n) is 16.1. The Kier molecular flexibility index (Phi) is 4.85. The summed E-state index contributed by atoms with van der Waals surface area (Å²) in [5.41, 5.74) is 1.02. The van der Waals surface area contributed by atoms with Crippen LogP contribution < -0.4 is 0 Å². The molecule has 0 unspecified atom stereocenters. The molecule has 1 aromatic carbocycles. The Balaban J connectivity index is 1.69. The number of hydrogen-bond donors (Lipinski definition) is 0. The van der Waals surface area contributed by atoms with Crippen molar-refractivity contribution in [2.45, 2.75) is 74.9 Å². The van der Waals surface area contributed by atoms with Crippen molar-refractivity contribution in [3.8, 4) is 0 Å². The summed E-state index contributed by atoms with van der Waals surface area (Å²) >= 11 is 0. The second-order valence-electron chi connectivity index (χ2n) is 7.94. The minimum Gasteiger partial charge on any atom is -0.356 e. The predicted molar refractivity (Wildman–Crippen MR) is 97.6 cm³/mol. The van der Waals surface area contributed by atoms with Gasteiger partial charge in [0, 0.05) is 13.7 Å². The number of benzene rings is 1. The van der Waals surface area contributed by atoms with Crippen LogP contribution in [0.4, 0.5) is 0 Å². The molecule has 0 amide bonds. The minimum absolute atomic E-state index is 0.256. The highest BCUT2D eigenvalue weighted by Crippen LogP contribution is 2.42. The van der Waals surface area contributed by atoms with Crippen LogP contribution in [0.25, 0.3) is 0 Å². The Morgan fingerprint density at radius 2 is 1.81 bits per heavy atom. The van der Waals surface area contributed by atoms with Gasteiger partial charge in [-0.15, -0.1) is 0 Å². The Labute approximate surface area is 160 Å². The van der Waals surface area contributed by atoms with E-state index in [1.807, 2.05) is 32.9 Å². The molecule has 3 heterocycles. The molecule has 0 spiro atoms. The number of nitrogens with zero attached hydrogens (tertiary/aromatic N) is 1. The van der Waals surface area contributed by atoms with E-state index in [9.17, 15) is 8.42 Å². The molecule has 0 aromatic heterocycles. The Bertz CT molecular complexity index is 793. The molecule has 150 valence electrons. The van der Waals surface area contributed by atoms with Crippen LogP contribution in [-0.4, -0.2) is 62.8 Å². The summed E-state index contributed by atoms with van der Waals surface area (Å²) in [4.78, 5) is 0.289. The number of hydrogen-bond acceptors (Lipinski definition) is 6. The van der Waals surface area contributed by atoms with Crippen LogP contribution in [0.5, 0.6) is 0 Å². The highest BCUT2D eigenvalue weighted by atomic mass is 32.2. The molecule has 0 bridgehead atoms. The summed E-state index contributed by atoms with van der Waals surface area (Å²) in [5.74, 6) is -0.771. The number of sulfonamides is 1. The molecule has 7 nitrogen and oxygen atoms in total. The fourth-order valence-electron chi connectivity index (χ4n) is 4.30. The molecule has 5 atom stereocenters. The van der Waals surface area contributed by atoms with Gasteiger partial charge in [-0.2, -0.15) is 4.31 Å². The van der Waals surface area contributed by atoms with Gasteiger partial charge < -0.3 is 18.9 Å². The average molecular weight is 397 g/mol. The summed E-state index contributed by atoms with van der Waals surface area (Å²) in [5, 5.41) is 0. The van der Waals surface area contributed by atoms with E-state index in [4.69, 9.17) is 18.9 Å². The number of ether oxygens (including phenoxy) is 4. The van der Waals surface area contributed by atoms with E-state index in [0.29, 0.717) is 12.8 Å². The summed E-state index contributed by atoms with van der Waals surface area (Å²) in [7, 11) is -2.07. The van der Waals surface area contributed by atoms with E-state index >= 15 is 0 Å². The van der Waals surface area contributed by atoms with Gasteiger partial charge in [0.25, 0.3) is 0 Å². The van der Waals surface area contributed by atoms with E-state index in [1.54, 1.807) is 23.5 Å². The topological polar surface area (TPSA) is 74.3 Å². The lowest BCUT2D eigenvalue weighted by molar-refractivity contribution is -0.237.